The monoisotopic (exact) mass is 318 g/mol. The number of nitrogens with zero attached hydrogens (tertiary/aromatic N) is 6. The quantitative estimate of drug-likeness (QED) is 0.367. The van der Waals surface area contributed by atoms with Crippen molar-refractivity contribution < 1.29 is 13.2 Å². The van der Waals surface area contributed by atoms with Gasteiger partial charge in [-0.05, 0) is 27.4 Å². The second-order valence-corrected chi connectivity index (χ2v) is 5.40. The molecule has 1 heterocycles. The topological polar surface area (TPSA) is 144 Å². The fourth-order valence-corrected chi connectivity index (χ4v) is 2.08. The molecule has 1 fully saturated rings. The average Bonchev–Trinajstić information content (AvgIpc) is 3.32. The Kier molecular flexibility index (Phi) is 4.82. The standard InChI is InChI=1S/C12H10O.N6O2S/c1-2-6-10-9(4-1)5-3-7-11(10)12-8-13-12;1-3-5-9(7,8)6-4-2/h1-7,12H,8H2;. The first-order valence-corrected chi connectivity index (χ1v) is 7.44. The van der Waals surface area contributed by atoms with Crippen LogP contribution in [0.15, 0.2) is 51.5 Å². The Morgan fingerprint density at radius 3 is 2.23 bits per heavy atom. The molecule has 0 N–H and O–H groups in total. The Hall–Kier alpha value is -2.77. The molecule has 1 atom stereocenters. The van der Waals surface area contributed by atoms with Crippen LogP contribution in [0.2, 0.25) is 0 Å². The summed E-state index contributed by atoms with van der Waals surface area (Å²) in [4.78, 5) is 3.80. The molecular weight excluding hydrogens is 308 g/mol. The van der Waals surface area contributed by atoms with Gasteiger partial charge in [0.25, 0.3) is 0 Å². The summed E-state index contributed by atoms with van der Waals surface area (Å²) < 4.78 is 29.6. The second kappa shape index (κ2) is 6.79. The highest BCUT2D eigenvalue weighted by molar-refractivity contribution is 7.88. The normalized spacial score (nSPS) is 15.7. The molecule has 1 saturated heterocycles. The van der Waals surface area contributed by atoms with Gasteiger partial charge in [-0.2, -0.15) is 0 Å². The Morgan fingerprint density at radius 1 is 1.05 bits per heavy atom. The largest absolute Gasteiger partial charge is 0.368 e. The summed E-state index contributed by atoms with van der Waals surface area (Å²) >= 11 is 0. The molecular formula is C12H10N6O3S. The fraction of sp³-hybridized carbons (Fsp3) is 0.167. The zero-order chi connectivity index (χ0) is 16.0. The number of benzene rings is 2. The highest BCUT2D eigenvalue weighted by Crippen LogP contribution is 2.34. The van der Waals surface area contributed by atoms with Gasteiger partial charge < -0.3 is 4.74 Å². The van der Waals surface area contributed by atoms with Gasteiger partial charge >= 0.3 is 10.2 Å². The minimum absolute atomic E-state index is 0.353. The lowest BCUT2D eigenvalue weighted by atomic mass is 10.0. The average molecular weight is 318 g/mol. The van der Waals surface area contributed by atoms with Gasteiger partial charge in [-0.25, -0.2) is 8.42 Å². The molecule has 0 bridgehead atoms. The van der Waals surface area contributed by atoms with Crippen LogP contribution in [0.3, 0.4) is 0 Å². The molecule has 2 aromatic rings. The van der Waals surface area contributed by atoms with Crippen LogP contribution >= 0.6 is 0 Å². The number of epoxide rings is 1. The van der Waals surface area contributed by atoms with Gasteiger partial charge in [0.1, 0.15) is 6.10 Å². The maximum absolute atomic E-state index is 9.99. The molecule has 1 aliphatic rings. The molecule has 0 amide bonds. The molecule has 10 heteroatoms. The summed E-state index contributed by atoms with van der Waals surface area (Å²) in [6.45, 7) is 0.883. The van der Waals surface area contributed by atoms with E-state index in [1.807, 2.05) is 9.82 Å². The summed E-state index contributed by atoms with van der Waals surface area (Å²) in [5.74, 6) is 0. The third-order valence-electron chi connectivity index (χ3n) is 2.78. The molecule has 112 valence electrons. The van der Waals surface area contributed by atoms with E-state index in [0.29, 0.717) is 6.10 Å². The predicted molar refractivity (Wildman–Crippen MR) is 79.9 cm³/mol. The van der Waals surface area contributed by atoms with E-state index in [9.17, 15) is 8.42 Å². The predicted octanol–water partition coefficient (Wildman–Crippen LogP) is 3.76. The van der Waals surface area contributed by atoms with E-state index in [4.69, 9.17) is 15.8 Å². The lowest BCUT2D eigenvalue weighted by molar-refractivity contribution is 0.417. The third-order valence-corrected chi connectivity index (χ3v) is 3.34. The SMILES string of the molecule is [N-]=[N+]=NS(=O)(=O)N=[N+]=[N-].c1ccc2c(C3CO3)cccc2c1. The Bertz CT molecular complexity index is 851. The van der Waals surface area contributed by atoms with Crippen LogP contribution in [-0.4, -0.2) is 15.0 Å². The highest BCUT2D eigenvalue weighted by atomic mass is 32.2. The smallest absolute Gasteiger partial charge is 0.321 e. The molecule has 0 saturated carbocycles. The van der Waals surface area contributed by atoms with Crippen LogP contribution in [0.25, 0.3) is 31.7 Å². The van der Waals surface area contributed by atoms with Gasteiger partial charge in [0.15, 0.2) is 0 Å². The number of rotatable bonds is 3. The van der Waals surface area contributed by atoms with Crippen LogP contribution in [0, 0.1) is 0 Å². The van der Waals surface area contributed by atoms with Crippen molar-refractivity contribution in [3.63, 3.8) is 0 Å². The molecule has 3 rings (SSSR count). The molecule has 2 aromatic carbocycles. The lowest BCUT2D eigenvalue weighted by Gasteiger charge is -2.02. The Labute approximate surface area is 125 Å². The van der Waals surface area contributed by atoms with Gasteiger partial charge in [-0.3, -0.25) is 0 Å². The van der Waals surface area contributed by atoms with E-state index in [0.717, 1.165) is 6.61 Å². The summed E-state index contributed by atoms with van der Waals surface area (Å²) in [6.07, 6.45) is 0.353. The van der Waals surface area contributed by atoms with Crippen molar-refractivity contribution in [2.24, 2.45) is 9.04 Å². The van der Waals surface area contributed by atoms with Crippen LogP contribution in [0.5, 0.6) is 0 Å². The van der Waals surface area contributed by atoms with Crippen LogP contribution in [0.4, 0.5) is 0 Å². The lowest BCUT2D eigenvalue weighted by Crippen LogP contribution is -1.82. The fourth-order valence-electron chi connectivity index (χ4n) is 1.87. The first-order valence-electron chi connectivity index (χ1n) is 6.04. The van der Waals surface area contributed by atoms with Crippen molar-refractivity contribution in [1.29, 1.82) is 0 Å². The van der Waals surface area contributed by atoms with E-state index in [1.54, 1.807) is 0 Å². The van der Waals surface area contributed by atoms with E-state index in [-0.39, 0.29) is 0 Å². The Morgan fingerprint density at radius 2 is 1.64 bits per heavy atom. The maximum Gasteiger partial charge on any atom is 0.321 e. The summed E-state index contributed by atoms with van der Waals surface area (Å²) in [7, 11) is -4.27. The van der Waals surface area contributed by atoms with Crippen molar-refractivity contribution in [2.75, 3.05) is 6.61 Å². The van der Waals surface area contributed by atoms with Gasteiger partial charge in [0.2, 0.25) is 0 Å². The number of fused-ring (bicyclic) bond motifs is 1. The number of hydrogen-bond donors (Lipinski definition) is 0. The molecule has 0 aromatic heterocycles. The van der Waals surface area contributed by atoms with Gasteiger partial charge in [0, 0.05) is 18.9 Å². The van der Waals surface area contributed by atoms with Crippen LogP contribution in [-0.2, 0) is 14.9 Å². The van der Waals surface area contributed by atoms with Crippen LogP contribution in [0.1, 0.15) is 11.7 Å². The highest BCUT2D eigenvalue weighted by Gasteiger charge is 2.25. The molecule has 22 heavy (non-hydrogen) atoms. The van der Waals surface area contributed by atoms with Gasteiger partial charge in [0.05, 0.1) is 6.61 Å². The van der Waals surface area contributed by atoms with Crippen molar-refractivity contribution in [3.05, 3.63) is 68.9 Å². The van der Waals surface area contributed by atoms with E-state index >= 15 is 0 Å². The first kappa shape index (κ1) is 15.6. The van der Waals surface area contributed by atoms with Crippen molar-refractivity contribution in [2.45, 2.75) is 6.10 Å². The van der Waals surface area contributed by atoms with Crippen LogP contribution < -0.4 is 0 Å². The zero-order valence-corrected chi connectivity index (χ0v) is 12.0. The summed E-state index contributed by atoms with van der Waals surface area (Å²) in [6, 6.07) is 14.8. The summed E-state index contributed by atoms with van der Waals surface area (Å²) in [5.41, 5.74) is 16.4. The molecule has 1 aliphatic heterocycles. The third kappa shape index (κ3) is 4.11. The summed E-state index contributed by atoms with van der Waals surface area (Å²) in [5, 5.41) is 2.63. The van der Waals surface area contributed by atoms with E-state index < -0.39 is 10.2 Å². The first-order chi connectivity index (χ1) is 10.6. The van der Waals surface area contributed by atoms with Gasteiger partial charge in [-0.15, -0.1) is 0 Å². The van der Waals surface area contributed by atoms with Crippen molar-refractivity contribution in [3.8, 4) is 0 Å². The zero-order valence-electron chi connectivity index (χ0n) is 11.1. The molecule has 0 spiro atoms. The molecule has 0 aliphatic carbocycles. The molecule has 1 unspecified atom stereocenters. The van der Waals surface area contributed by atoms with E-state index in [2.05, 4.69) is 51.5 Å². The molecule has 0 radical (unpaired) electrons. The van der Waals surface area contributed by atoms with Crippen molar-refractivity contribution >= 4 is 21.0 Å². The number of ether oxygens (including phenoxy) is 1. The van der Waals surface area contributed by atoms with Gasteiger partial charge in [-0.1, -0.05) is 42.5 Å². The molecule has 9 nitrogen and oxygen atoms in total. The minimum atomic E-state index is -4.27. The Balaban J connectivity index is 0.000000175. The minimum Gasteiger partial charge on any atom is -0.368 e. The maximum atomic E-state index is 9.99. The number of hydrogen-bond acceptors (Lipinski definition) is 3. The second-order valence-electron chi connectivity index (χ2n) is 4.18. The van der Waals surface area contributed by atoms with Crippen molar-refractivity contribution in [1.82, 2.24) is 0 Å². The number of azide groups is 1. The van der Waals surface area contributed by atoms with E-state index in [1.165, 1.54) is 16.3 Å².